The van der Waals surface area contributed by atoms with Crippen molar-refractivity contribution >= 4 is 27.6 Å². The van der Waals surface area contributed by atoms with Crippen molar-refractivity contribution in [3.05, 3.63) is 65.5 Å². The summed E-state index contributed by atoms with van der Waals surface area (Å²) in [6.07, 6.45) is 0. The summed E-state index contributed by atoms with van der Waals surface area (Å²) in [5, 5.41) is 2.59. The van der Waals surface area contributed by atoms with Gasteiger partial charge in [0.05, 0.1) is 18.1 Å². The van der Waals surface area contributed by atoms with E-state index in [1.165, 1.54) is 10.4 Å². The Morgan fingerprint density at radius 2 is 1.83 bits per heavy atom. The predicted molar refractivity (Wildman–Crippen MR) is 128 cm³/mol. The van der Waals surface area contributed by atoms with E-state index in [9.17, 15) is 18.0 Å². The van der Waals surface area contributed by atoms with Crippen LogP contribution in [-0.2, 0) is 24.3 Å². The minimum atomic E-state index is -3.73. The molecule has 2 aromatic carbocycles. The minimum Gasteiger partial charge on any atom is -0.451 e. The summed E-state index contributed by atoms with van der Waals surface area (Å²) in [5.41, 5.74) is 2.26. The van der Waals surface area contributed by atoms with E-state index in [0.29, 0.717) is 30.3 Å². The molecule has 11 heteroatoms. The summed E-state index contributed by atoms with van der Waals surface area (Å²) < 4.78 is 37.8. The third-order valence-electron chi connectivity index (χ3n) is 5.52. The summed E-state index contributed by atoms with van der Waals surface area (Å²) in [7, 11) is -3.73. The third kappa shape index (κ3) is 5.59. The number of aromatic amines is 1. The number of ether oxygens (including phenoxy) is 2. The van der Waals surface area contributed by atoms with Crippen molar-refractivity contribution in [1.29, 1.82) is 0 Å². The van der Waals surface area contributed by atoms with Gasteiger partial charge in [-0.15, -0.1) is 0 Å². The van der Waals surface area contributed by atoms with E-state index >= 15 is 0 Å². The number of anilines is 1. The molecule has 0 saturated carbocycles. The molecule has 184 valence electrons. The van der Waals surface area contributed by atoms with Crippen LogP contribution in [0.15, 0.2) is 53.4 Å². The smallest absolute Gasteiger partial charge is 0.359 e. The summed E-state index contributed by atoms with van der Waals surface area (Å²) in [4.78, 5) is 32.3. The number of esters is 1. The lowest BCUT2D eigenvalue weighted by molar-refractivity contribution is -0.119. The van der Waals surface area contributed by atoms with Crippen molar-refractivity contribution in [3.63, 3.8) is 0 Å². The van der Waals surface area contributed by atoms with Gasteiger partial charge in [0.25, 0.3) is 5.91 Å². The van der Waals surface area contributed by atoms with Gasteiger partial charge in [0.2, 0.25) is 10.0 Å². The molecule has 4 rings (SSSR count). The lowest BCUT2D eigenvalue weighted by Gasteiger charge is -2.26. The number of H-pyrrole nitrogens is 1. The highest BCUT2D eigenvalue weighted by Gasteiger charge is 2.28. The highest BCUT2D eigenvalue weighted by Crippen LogP contribution is 2.24. The number of sulfonamides is 1. The van der Waals surface area contributed by atoms with Crippen LogP contribution in [0.3, 0.4) is 0 Å². The quantitative estimate of drug-likeness (QED) is 0.479. The van der Waals surface area contributed by atoms with Gasteiger partial charge < -0.3 is 19.8 Å². The Labute approximate surface area is 203 Å². The lowest BCUT2D eigenvalue weighted by atomic mass is 10.2. The molecule has 2 N–H and O–H groups in total. The zero-order chi connectivity index (χ0) is 25.0. The molecule has 35 heavy (non-hydrogen) atoms. The van der Waals surface area contributed by atoms with Crippen LogP contribution < -0.4 is 5.32 Å². The molecular formula is C24H26N4O6S. The second kappa shape index (κ2) is 10.4. The summed E-state index contributed by atoms with van der Waals surface area (Å²) in [6.45, 7) is 4.05. The molecule has 1 amide bonds. The monoisotopic (exact) mass is 498 g/mol. The van der Waals surface area contributed by atoms with Crippen LogP contribution in [0.1, 0.15) is 21.7 Å². The van der Waals surface area contributed by atoms with Crippen LogP contribution in [0.2, 0.25) is 0 Å². The Balaban J connectivity index is 1.40. The van der Waals surface area contributed by atoms with Gasteiger partial charge in [-0.3, -0.25) is 4.79 Å². The summed E-state index contributed by atoms with van der Waals surface area (Å²) in [5.74, 6) is -0.822. The molecule has 3 aromatic rings. The van der Waals surface area contributed by atoms with Crippen LogP contribution in [0.5, 0.6) is 0 Å². The van der Waals surface area contributed by atoms with Crippen LogP contribution in [-0.4, -0.2) is 67.5 Å². The molecule has 0 aliphatic carbocycles. The first-order valence-corrected chi connectivity index (χ1v) is 12.5. The summed E-state index contributed by atoms with van der Waals surface area (Å²) >= 11 is 0. The van der Waals surface area contributed by atoms with Gasteiger partial charge in [-0.25, -0.2) is 18.2 Å². The summed E-state index contributed by atoms with van der Waals surface area (Å²) in [6, 6.07) is 13.9. The first kappa shape index (κ1) is 24.6. The maximum Gasteiger partial charge on any atom is 0.359 e. The molecule has 0 radical (unpaired) electrons. The molecule has 2 heterocycles. The number of hydrogen-bond donors (Lipinski definition) is 2. The van der Waals surface area contributed by atoms with Crippen LogP contribution >= 0.6 is 0 Å². The SMILES string of the molecule is Cc1ccc(NC(=O)COC(=O)c2nc(-c3ccccc3)[nH]c2C)cc1S(=O)(=O)N1CCOCC1. The average Bonchev–Trinajstić information content (AvgIpc) is 3.26. The topological polar surface area (TPSA) is 131 Å². The molecule has 0 bridgehead atoms. The van der Waals surface area contributed by atoms with Crippen LogP contribution in [0.4, 0.5) is 5.69 Å². The van der Waals surface area contributed by atoms with E-state index in [2.05, 4.69) is 15.3 Å². The van der Waals surface area contributed by atoms with Gasteiger partial charge in [-0.1, -0.05) is 36.4 Å². The number of carbonyl (C=O) groups is 2. The second-order valence-electron chi connectivity index (χ2n) is 8.05. The number of rotatable bonds is 7. The maximum atomic E-state index is 13.0. The number of nitrogens with zero attached hydrogens (tertiary/aromatic N) is 2. The molecule has 1 aliphatic heterocycles. The molecule has 1 saturated heterocycles. The standard InChI is InChI=1S/C24H26N4O6S/c1-16-8-9-19(14-20(16)35(31,32)28-10-12-33-13-11-28)26-21(29)15-34-24(30)22-17(2)25-23(27-22)18-6-4-3-5-7-18/h3-9,14H,10-13,15H2,1-2H3,(H,25,27)(H,26,29). The van der Waals surface area contributed by atoms with E-state index in [0.717, 1.165) is 5.56 Å². The molecule has 1 fully saturated rings. The molecule has 0 atom stereocenters. The van der Waals surface area contributed by atoms with Gasteiger partial charge in [-0.05, 0) is 31.5 Å². The predicted octanol–water partition coefficient (Wildman–Crippen LogP) is 2.51. The lowest BCUT2D eigenvalue weighted by Crippen LogP contribution is -2.40. The Hall–Kier alpha value is -3.54. The first-order chi connectivity index (χ1) is 16.8. The molecule has 0 spiro atoms. The Morgan fingerprint density at radius 1 is 1.11 bits per heavy atom. The average molecular weight is 499 g/mol. The molecule has 0 unspecified atom stereocenters. The van der Waals surface area contributed by atoms with E-state index < -0.39 is 28.5 Å². The van der Waals surface area contributed by atoms with Crippen molar-refractivity contribution in [1.82, 2.24) is 14.3 Å². The number of benzene rings is 2. The van der Waals surface area contributed by atoms with Crippen LogP contribution in [0.25, 0.3) is 11.4 Å². The van der Waals surface area contributed by atoms with Crippen molar-refractivity contribution in [2.45, 2.75) is 18.7 Å². The third-order valence-corrected chi connectivity index (χ3v) is 7.56. The van der Waals surface area contributed by atoms with Crippen molar-refractivity contribution in [2.75, 3.05) is 38.2 Å². The van der Waals surface area contributed by atoms with Gasteiger partial charge in [0.15, 0.2) is 12.3 Å². The van der Waals surface area contributed by atoms with E-state index in [1.54, 1.807) is 26.0 Å². The number of morpholine rings is 1. The van der Waals surface area contributed by atoms with Gasteiger partial charge in [-0.2, -0.15) is 4.31 Å². The molecule has 1 aromatic heterocycles. The van der Waals surface area contributed by atoms with E-state index in [1.807, 2.05) is 30.3 Å². The number of imidazole rings is 1. The highest BCUT2D eigenvalue weighted by atomic mass is 32.2. The first-order valence-electron chi connectivity index (χ1n) is 11.0. The number of nitrogens with one attached hydrogen (secondary N) is 2. The van der Waals surface area contributed by atoms with Crippen molar-refractivity contribution < 1.29 is 27.5 Å². The number of hydrogen-bond acceptors (Lipinski definition) is 7. The molecule has 10 nitrogen and oxygen atoms in total. The second-order valence-corrected chi connectivity index (χ2v) is 9.95. The van der Waals surface area contributed by atoms with Gasteiger partial charge in [0, 0.05) is 30.0 Å². The highest BCUT2D eigenvalue weighted by molar-refractivity contribution is 7.89. The maximum absolute atomic E-state index is 13.0. The minimum absolute atomic E-state index is 0.0888. The zero-order valence-corrected chi connectivity index (χ0v) is 20.2. The zero-order valence-electron chi connectivity index (χ0n) is 19.4. The van der Waals surface area contributed by atoms with Gasteiger partial charge in [0.1, 0.15) is 5.82 Å². The normalized spacial score (nSPS) is 14.5. The van der Waals surface area contributed by atoms with Gasteiger partial charge >= 0.3 is 5.97 Å². The fourth-order valence-corrected chi connectivity index (χ4v) is 5.33. The largest absolute Gasteiger partial charge is 0.451 e. The number of aryl methyl sites for hydroxylation is 2. The van der Waals surface area contributed by atoms with E-state index in [-0.39, 0.29) is 29.4 Å². The fraction of sp³-hybridized carbons (Fsp3) is 0.292. The Kier molecular flexibility index (Phi) is 7.29. The van der Waals surface area contributed by atoms with Crippen LogP contribution in [0, 0.1) is 13.8 Å². The number of carbonyl (C=O) groups excluding carboxylic acids is 2. The Morgan fingerprint density at radius 3 is 2.54 bits per heavy atom. The fourth-order valence-electron chi connectivity index (χ4n) is 3.67. The van der Waals surface area contributed by atoms with E-state index in [4.69, 9.17) is 9.47 Å². The van der Waals surface area contributed by atoms with Crippen molar-refractivity contribution in [2.24, 2.45) is 0 Å². The number of aromatic nitrogens is 2. The molecule has 1 aliphatic rings. The Bertz CT molecular complexity index is 1330. The number of amides is 1. The van der Waals surface area contributed by atoms with Crippen molar-refractivity contribution in [3.8, 4) is 11.4 Å². The molecular weight excluding hydrogens is 472 g/mol.